The van der Waals surface area contributed by atoms with Crippen LogP contribution in [0.3, 0.4) is 0 Å². The van der Waals surface area contributed by atoms with Gasteiger partial charge in [0.05, 0.1) is 0 Å². The first-order chi connectivity index (χ1) is 11.2. The Morgan fingerprint density at radius 1 is 1.17 bits per heavy atom. The second kappa shape index (κ2) is 6.65. The number of carbonyl (C=O) groups excluding carboxylic acids is 1. The van der Waals surface area contributed by atoms with Crippen molar-refractivity contribution in [2.45, 2.75) is 33.1 Å². The Bertz CT molecular complexity index is 819. The molecule has 0 atom stereocenters. The van der Waals surface area contributed by atoms with Crippen LogP contribution in [-0.2, 0) is 4.79 Å². The molecule has 0 bridgehead atoms. The van der Waals surface area contributed by atoms with E-state index < -0.39 is 0 Å². The number of rotatable bonds is 5. The van der Waals surface area contributed by atoms with Gasteiger partial charge in [-0.15, -0.1) is 0 Å². The fraction of sp³-hybridized carbons (Fsp3) is 0.263. The normalized spacial score (nSPS) is 10.9. The van der Waals surface area contributed by atoms with Crippen LogP contribution in [-0.4, -0.2) is 10.9 Å². The van der Waals surface area contributed by atoms with Gasteiger partial charge in [0.2, 0.25) is 11.8 Å². The third kappa shape index (κ3) is 3.59. The van der Waals surface area contributed by atoms with Crippen LogP contribution in [0.4, 0.5) is 5.69 Å². The van der Waals surface area contributed by atoms with Crippen molar-refractivity contribution in [2.24, 2.45) is 0 Å². The average molecular weight is 308 g/mol. The minimum atomic E-state index is 0.0356. The van der Waals surface area contributed by atoms with E-state index in [0.717, 1.165) is 29.6 Å². The van der Waals surface area contributed by atoms with Crippen molar-refractivity contribution in [1.29, 1.82) is 0 Å². The molecule has 0 fully saturated rings. The van der Waals surface area contributed by atoms with Crippen molar-refractivity contribution in [2.75, 3.05) is 5.32 Å². The predicted octanol–water partition coefficient (Wildman–Crippen LogP) is 4.93. The van der Waals surface area contributed by atoms with Gasteiger partial charge in [-0.1, -0.05) is 31.0 Å². The Balaban J connectivity index is 1.83. The van der Waals surface area contributed by atoms with E-state index in [9.17, 15) is 4.79 Å². The van der Waals surface area contributed by atoms with E-state index in [-0.39, 0.29) is 5.91 Å². The summed E-state index contributed by atoms with van der Waals surface area (Å²) < 4.78 is 5.80. The fourth-order valence-corrected chi connectivity index (χ4v) is 2.39. The van der Waals surface area contributed by atoms with Crippen molar-refractivity contribution in [3.63, 3.8) is 0 Å². The van der Waals surface area contributed by atoms with E-state index in [0.29, 0.717) is 17.9 Å². The van der Waals surface area contributed by atoms with Gasteiger partial charge < -0.3 is 9.73 Å². The van der Waals surface area contributed by atoms with Gasteiger partial charge in [0.1, 0.15) is 5.52 Å². The molecule has 0 aliphatic heterocycles. The zero-order valence-corrected chi connectivity index (χ0v) is 13.4. The third-order valence-corrected chi connectivity index (χ3v) is 3.73. The quantitative estimate of drug-likeness (QED) is 0.727. The minimum absolute atomic E-state index is 0.0356. The number of fused-ring (bicyclic) bond motifs is 1. The Labute approximate surface area is 135 Å². The van der Waals surface area contributed by atoms with E-state index >= 15 is 0 Å². The van der Waals surface area contributed by atoms with Crippen molar-refractivity contribution in [3.05, 3.63) is 48.0 Å². The molecule has 0 saturated carbocycles. The lowest BCUT2D eigenvalue weighted by atomic mass is 10.1. The standard InChI is InChI=1S/C19H20N2O2/c1-3-4-5-18(22)20-15-10-11-17-16(12-15)21-19(23-17)14-8-6-13(2)7-9-14/h6-12H,3-5H2,1-2H3,(H,20,22). The first kappa shape index (κ1) is 15.3. The number of unbranched alkanes of at least 4 members (excludes halogenated alkanes) is 1. The summed E-state index contributed by atoms with van der Waals surface area (Å²) in [5.74, 6) is 0.628. The highest BCUT2D eigenvalue weighted by Gasteiger charge is 2.09. The van der Waals surface area contributed by atoms with Crippen molar-refractivity contribution in [1.82, 2.24) is 4.98 Å². The molecule has 4 heteroatoms. The lowest BCUT2D eigenvalue weighted by Crippen LogP contribution is -2.10. The van der Waals surface area contributed by atoms with E-state index in [1.54, 1.807) is 0 Å². The van der Waals surface area contributed by atoms with Gasteiger partial charge in [0, 0.05) is 17.7 Å². The fourth-order valence-electron chi connectivity index (χ4n) is 2.39. The molecule has 3 aromatic rings. The highest BCUT2D eigenvalue weighted by Crippen LogP contribution is 2.26. The number of aryl methyl sites for hydroxylation is 1. The molecule has 3 rings (SSSR count). The molecule has 118 valence electrons. The maximum atomic E-state index is 11.8. The van der Waals surface area contributed by atoms with Crippen LogP contribution in [0.25, 0.3) is 22.6 Å². The molecule has 0 aliphatic carbocycles. The predicted molar refractivity (Wildman–Crippen MR) is 92.3 cm³/mol. The maximum Gasteiger partial charge on any atom is 0.227 e. The molecule has 1 heterocycles. The van der Waals surface area contributed by atoms with Crippen LogP contribution in [0.2, 0.25) is 0 Å². The van der Waals surface area contributed by atoms with Gasteiger partial charge in [0.15, 0.2) is 5.58 Å². The molecule has 4 nitrogen and oxygen atoms in total. The lowest BCUT2D eigenvalue weighted by molar-refractivity contribution is -0.116. The van der Waals surface area contributed by atoms with Crippen LogP contribution in [0, 0.1) is 6.92 Å². The molecule has 0 aliphatic rings. The van der Waals surface area contributed by atoms with Crippen LogP contribution in [0.5, 0.6) is 0 Å². The van der Waals surface area contributed by atoms with Gasteiger partial charge in [-0.25, -0.2) is 4.98 Å². The Hall–Kier alpha value is -2.62. The highest BCUT2D eigenvalue weighted by molar-refractivity contribution is 5.93. The number of nitrogens with zero attached hydrogens (tertiary/aromatic N) is 1. The SMILES string of the molecule is CCCCC(=O)Nc1ccc2oc(-c3ccc(C)cc3)nc2c1. The van der Waals surface area contributed by atoms with Crippen LogP contribution < -0.4 is 5.32 Å². The zero-order chi connectivity index (χ0) is 16.2. The monoisotopic (exact) mass is 308 g/mol. The molecule has 1 N–H and O–H groups in total. The molecule has 0 spiro atoms. The van der Waals surface area contributed by atoms with E-state index in [4.69, 9.17) is 4.42 Å². The van der Waals surface area contributed by atoms with Crippen molar-refractivity contribution in [3.8, 4) is 11.5 Å². The number of hydrogen-bond donors (Lipinski definition) is 1. The number of carbonyl (C=O) groups is 1. The number of hydrogen-bond acceptors (Lipinski definition) is 3. The first-order valence-corrected chi connectivity index (χ1v) is 7.93. The third-order valence-electron chi connectivity index (χ3n) is 3.73. The molecule has 2 aromatic carbocycles. The Morgan fingerprint density at radius 2 is 1.96 bits per heavy atom. The van der Waals surface area contributed by atoms with Crippen LogP contribution >= 0.6 is 0 Å². The van der Waals surface area contributed by atoms with Crippen molar-refractivity contribution >= 4 is 22.7 Å². The Kier molecular flexibility index (Phi) is 4.42. The number of amides is 1. The smallest absolute Gasteiger partial charge is 0.227 e. The molecular formula is C19H20N2O2. The van der Waals surface area contributed by atoms with E-state index in [1.165, 1.54) is 5.56 Å². The topological polar surface area (TPSA) is 55.1 Å². The largest absolute Gasteiger partial charge is 0.436 e. The van der Waals surface area contributed by atoms with Crippen LogP contribution in [0.1, 0.15) is 31.7 Å². The number of nitrogens with one attached hydrogen (secondary N) is 1. The average Bonchev–Trinajstić information content (AvgIpc) is 2.96. The summed E-state index contributed by atoms with van der Waals surface area (Å²) in [6.45, 7) is 4.12. The van der Waals surface area contributed by atoms with Gasteiger partial charge in [0.25, 0.3) is 0 Å². The van der Waals surface area contributed by atoms with E-state index in [2.05, 4.69) is 17.2 Å². The highest BCUT2D eigenvalue weighted by atomic mass is 16.3. The molecule has 0 radical (unpaired) electrons. The second-order valence-electron chi connectivity index (χ2n) is 5.72. The molecule has 1 aromatic heterocycles. The zero-order valence-electron chi connectivity index (χ0n) is 13.4. The second-order valence-corrected chi connectivity index (χ2v) is 5.72. The minimum Gasteiger partial charge on any atom is -0.436 e. The maximum absolute atomic E-state index is 11.8. The summed E-state index contributed by atoms with van der Waals surface area (Å²) in [6, 6.07) is 13.6. The molecule has 23 heavy (non-hydrogen) atoms. The van der Waals surface area contributed by atoms with Gasteiger partial charge in [-0.3, -0.25) is 4.79 Å². The number of oxazole rings is 1. The molecular weight excluding hydrogens is 288 g/mol. The summed E-state index contributed by atoms with van der Waals surface area (Å²) in [7, 11) is 0. The van der Waals surface area contributed by atoms with Gasteiger partial charge >= 0.3 is 0 Å². The van der Waals surface area contributed by atoms with Gasteiger partial charge in [-0.2, -0.15) is 0 Å². The summed E-state index contributed by atoms with van der Waals surface area (Å²) in [5.41, 5.74) is 4.35. The van der Waals surface area contributed by atoms with E-state index in [1.807, 2.05) is 49.4 Å². The summed E-state index contributed by atoms with van der Waals surface area (Å²) in [5, 5.41) is 2.90. The Morgan fingerprint density at radius 3 is 2.70 bits per heavy atom. The van der Waals surface area contributed by atoms with Crippen LogP contribution in [0.15, 0.2) is 46.9 Å². The van der Waals surface area contributed by atoms with Crippen molar-refractivity contribution < 1.29 is 9.21 Å². The first-order valence-electron chi connectivity index (χ1n) is 7.93. The summed E-state index contributed by atoms with van der Waals surface area (Å²) in [6.07, 6.45) is 2.45. The van der Waals surface area contributed by atoms with Gasteiger partial charge in [-0.05, 0) is 43.7 Å². The molecule has 0 unspecified atom stereocenters. The molecule has 1 amide bonds. The lowest BCUT2D eigenvalue weighted by Gasteiger charge is -2.03. The molecule has 0 saturated heterocycles. The summed E-state index contributed by atoms with van der Waals surface area (Å²) in [4.78, 5) is 16.3. The number of anilines is 1. The number of benzene rings is 2. The number of aromatic nitrogens is 1. The summed E-state index contributed by atoms with van der Waals surface area (Å²) >= 11 is 0.